The third kappa shape index (κ3) is 6.75. The first-order chi connectivity index (χ1) is 22.4. The Morgan fingerprint density at radius 2 is 1.70 bits per heavy atom. The van der Waals surface area contributed by atoms with Gasteiger partial charge < -0.3 is 4.90 Å². The minimum Gasteiger partial charge on any atom is -0.356 e. The Morgan fingerprint density at radius 3 is 2.30 bits per heavy atom. The molecule has 3 aromatic rings. The molecule has 1 N–H and O–H groups in total. The fourth-order valence-corrected chi connectivity index (χ4v) is 6.99. The first kappa shape index (κ1) is 32.6. The summed E-state index contributed by atoms with van der Waals surface area (Å²) in [6, 6.07) is 10.9. The molecule has 0 spiro atoms. The monoisotopic (exact) mass is 667 g/mol. The first-order valence-electron chi connectivity index (χ1n) is 15.5. The molecular formula is C34H33ClF3N5O4. The summed E-state index contributed by atoms with van der Waals surface area (Å²) in [5.41, 5.74) is 2.80. The third-order valence-electron chi connectivity index (χ3n) is 9.24. The number of aromatic nitrogens is 1. The van der Waals surface area contributed by atoms with Crippen molar-refractivity contribution in [2.45, 2.75) is 57.9 Å². The number of hydrogen-bond acceptors (Lipinski definition) is 7. The molecule has 47 heavy (non-hydrogen) atoms. The number of imide groups is 2. The molecule has 0 saturated carbocycles. The van der Waals surface area contributed by atoms with Crippen molar-refractivity contribution in [3.8, 4) is 11.1 Å². The molecule has 0 bridgehead atoms. The van der Waals surface area contributed by atoms with Crippen molar-refractivity contribution < 1.29 is 32.3 Å². The Bertz CT molecular complexity index is 1700. The molecule has 1 fully saturated rings. The van der Waals surface area contributed by atoms with Crippen LogP contribution in [0.1, 0.15) is 70.0 Å². The van der Waals surface area contributed by atoms with Gasteiger partial charge in [0.2, 0.25) is 12.3 Å². The van der Waals surface area contributed by atoms with Crippen LogP contribution in [0.25, 0.3) is 11.1 Å². The molecule has 9 nitrogen and oxygen atoms in total. The van der Waals surface area contributed by atoms with Crippen LogP contribution < -0.4 is 10.2 Å². The summed E-state index contributed by atoms with van der Waals surface area (Å²) in [5.74, 6) is -1.06. The lowest BCUT2D eigenvalue weighted by molar-refractivity contribution is -0.137. The van der Waals surface area contributed by atoms with E-state index in [0.29, 0.717) is 72.7 Å². The Labute approximate surface area is 274 Å². The van der Waals surface area contributed by atoms with Gasteiger partial charge in [-0.05, 0) is 79.1 Å². The van der Waals surface area contributed by atoms with E-state index in [0.717, 1.165) is 23.7 Å². The SMILES string of the molecule is CC(CCC(=O)NC=O)N1C(=O)c2cc3c(cc2C1=O)CN(CC1CCN(c2ncc(-c4cccc(Cl)c4)cc2C(F)(F)F)CC1)C3. The fourth-order valence-electron chi connectivity index (χ4n) is 6.80. The van der Waals surface area contributed by atoms with E-state index in [1.165, 1.54) is 11.1 Å². The lowest BCUT2D eigenvalue weighted by Gasteiger charge is -2.35. The summed E-state index contributed by atoms with van der Waals surface area (Å²) in [7, 11) is 0. The maximum Gasteiger partial charge on any atom is 0.419 e. The molecule has 4 amide bonds. The normalized spacial score (nSPS) is 17.6. The molecule has 1 saturated heterocycles. The molecule has 13 heteroatoms. The van der Waals surface area contributed by atoms with Crippen LogP contribution in [0.5, 0.6) is 0 Å². The van der Waals surface area contributed by atoms with Gasteiger partial charge in [0.1, 0.15) is 5.82 Å². The molecule has 1 atom stereocenters. The van der Waals surface area contributed by atoms with E-state index in [9.17, 15) is 32.3 Å². The van der Waals surface area contributed by atoms with E-state index in [2.05, 4.69) is 15.2 Å². The van der Waals surface area contributed by atoms with Crippen LogP contribution in [0, 0.1) is 5.92 Å². The van der Waals surface area contributed by atoms with Gasteiger partial charge >= 0.3 is 6.18 Å². The number of carbonyl (C=O) groups excluding carboxylic acids is 4. The standard InChI is InChI=1S/C34H33ClF3N5O4/c1-20(5-6-30(45)40-19-44)43-32(46)27-12-24-17-41(18-25(24)13-28(27)33(43)47)16-21-7-9-42(10-8-21)31-29(34(36,37)38)14-23(15-39-31)22-3-2-4-26(35)11-22/h2-4,11-15,19-21H,5-10,16-18H2,1H3,(H,40,44,45). The fraction of sp³-hybridized carbons (Fsp3) is 0.382. The van der Waals surface area contributed by atoms with Crippen LogP contribution in [-0.2, 0) is 28.9 Å². The van der Waals surface area contributed by atoms with Gasteiger partial charge in [-0.1, -0.05) is 23.7 Å². The largest absolute Gasteiger partial charge is 0.419 e. The molecule has 246 valence electrons. The smallest absolute Gasteiger partial charge is 0.356 e. The van der Waals surface area contributed by atoms with E-state index in [1.54, 1.807) is 48.2 Å². The van der Waals surface area contributed by atoms with Crippen LogP contribution >= 0.6 is 11.6 Å². The minimum absolute atomic E-state index is 0.00790. The van der Waals surface area contributed by atoms with Gasteiger partial charge in [0.25, 0.3) is 11.8 Å². The second kappa shape index (κ2) is 13.1. The van der Waals surface area contributed by atoms with Gasteiger partial charge in [-0.3, -0.25) is 34.3 Å². The van der Waals surface area contributed by atoms with E-state index in [4.69, 9.17) is 11.6 Å². The zero-order chi connectivity index (χ0) is 33.5. The number of halogens is 4. The summed E-state index contributed by atoms with van der Waals surface area (Å²) < 4.78 is 42.5. The van der Waals surface area contributed by atoms with Crippen molar-refractivity contribution in [2.24, 2.45) is 5.92 Å². The van der Waals surface area contributed by atoms with Gasteiger partial charge in [-0.15, -0.1) is 0 Å². The first-order valence-corrected chi connectivity index (χ1v) is 15.9. The highest BCUT2D eigenvalue weighted by Crippen LogP contribution is 2.40. The number of pyridine rings is 1. The lowest BCUT2D eigenvalue weighted by atomic mass is 9.95. The molecule has 0 radical (unpaired) electrons. The van der Waals surface area contributed by atoms with Crippen molar-refractivity contribution in [1.29, 1.82) is 0 Å². The zero-order valence-electron chi connectivity index (χ0n) is 25.6. The van der Waals surface area contributed by atoms with E-state index in [1.807, 2.05) is 0 Å². The molecule has 3 aliphatic rings. The Morgan fingerprint density at radius 1 is 1.04 bits per heavy atom. The van der Waals surface area contributed by atoms with Crippen molar-refractivity contribution in [3.63, 3.8) is 0 Å². The predicted octanol–water partition coefficient (Wildman–Crippen LogP) is 5.69. The molecule has 0 aliphatic carbocycles. The maximum absolute atomic E-state index is 14.2. The quantitative estimate of drug-likeness (QED) is 0.231. The summed E-state index contributed by atoms with van der Waals surface area (Å²) in [5, 5.41) is 2.49. The van der Waals surface area contributed by atoms with Crippen LogP contribution in [0.15, 0.2) is 48.7 Å². The maximum atomic E-state index is 14.2. The number of anilines is 1. The number of alkyl halides is 3. The summed E-state index contributed by atoms with van der Waals surface area (Å²) in [6.45, 7) is 4.55. The number of nitrogens with zero attached hydrogens (tertiary/aromatic N) is 4. The third-order valence-corrected chi connectivity index (χ3v) is 9.47. The summed E-state index contributed by atoms with van der Waals surface area (Å²) in [6.07, 6.45) is -1.16. The predicted molar refractivity (Wildman–Crippen MR) is 169 cm³/mol. The summed E-state index contributed by atoms with van der Waals surface area (Å²) in [4.78, 5) is 58.0. The topological polar surface area (TPSA) is 103 Å². The van der Waals surface area contributed by atoms with Gasteiger partial charge in [-0.25, -0.2) is 4.98 Å². The van der Waals surface area contributed by atoms with Crippen LogP contribution in [-0.4, -0.2) is 64.6 Å². The molecular weight excluding hydrogens is 635 g/mol. The number of benzene rings is 2. The average Bonchev–Trinajstić information content (AvgIpc) is 3.54. The van der Waals surface area contributed by atoms with Crippen LogP contribution in [0.3, 0.4) is 0 Å². The van der Waals surface area contributed by atoms with E-state index >= 15 is 0 Å². The Balaban J connectivity index is 1.07. The number of carbonyl (C=O) groups is 4. The minimum atomic E-state index is -4.57. The highest BCUT2D eigenvalue weighted by molar-refractivity contribution is 6.30. The Kier molecular flexibility index (Phi) is 9.08. The average molecular weight is 668 g/mol. The second-order valence-electron chi connectivity index (χ2n) is 12.4. The molecule has 4 heterocycles. The number of rotatable bonds is 9. The van der Waals surface area contributed by atoms with Crippen LogP contribution in [0.4, 0.5) is 19.0 Å². The van der Waals surface area contributed by atoms with Crippen molar-refractivity contribution >= 4 is 41.6 Å². The number of amides is 4. The van der Waals surface area contributed by atoms with E-state index < -0.39 is 35.5 Å². The number of nitrogens with one attached hydrogen (secondary N) is 1. The highest BCUT2D eigenvalue weighted by Gasteiger charge is 2.41. The number of fused-ring (bicyclic) bond motifs is 2. The molecule has 6 rings (SSSR count). The van der Waals surface area contributed by atoms with Crippen molar-refractivity contribution in [1.82, 2.24) is 20.1 Å². The van der Waals surface area contributed by atoms with Crippen molar-refractivity contribution in [2.75, 3.05) is 24.5 Å². The number of piperidine rings is 1. The zero-order valence-corrected chi connectivity index (χ0v) is 26.4. The lowest BCUT2D eigenvalue weighted by Crippen LogP contribution is -2.39. The molecule has 3 aliphatic heterocycles. The molecule has 1 aromatic heterocycles. The van der Waals surface area contributed by atoms with Gasteiger partial charge in [0.05, 0.1) is 16.7 Å². The van der Waals surface area contributed by atoms with Gasteiger partial charge in [0.15, 0.2) is 0 Å². The second-order valence-corrected chi connectivity index (χ2v) is 12.9. The van der Waals surface area contributed by atoms with E-state index in [-0.39, 0.29) is 24.6 Å². The number of hydrogen-bond donors (Lipinski definition) is 1. The van der Waals surface area contributed by atoms with Crippen molar-refractivity contribution in [3.05, 3.63) is 81.5 Å². The Hall–Kier alpha value is -4.29. The van der Waals surface area contributed by atoms with Gasteiger partial charge in [0, 0.05) is 62.0 Å². The highest BCUT2D eigenvalue weighted by atomic mass is 35.5. The van der Waals surface area contributed by atoms with Gasteiger partial charge in [-0.2, -0.15) is 13.2 Å². The molecule has 1 unspecified atom stereocenters. The molecule has 2 aromatic carbocycles. The summed E-state index contributed by atoms with van der Waals surface area (Å²) >= 11 is 6.05. The van der Waals surface area contributed by atoms with Crippen LogP contribution in [0.2, 0.25) is 5.02 Å².